The van der Waals surface area contributed by atoms with E-state index in [1.807, 2.05) is 0 Å². The maximum absolute atomic E-state index is 11.9. The van der Waals surface area contributed by atoms with Gasteiger partial charge in [-0.15, -0.1) is 0 Å². The molecule has 23 heavy (non-hydrogen) atoms. The van der Waals surface area contributed by atoms with Crippen molar-refractivity contribution in [3.8, 4) is 11.5 Å². The van der Waals surface area contributed by atoms with Crippen molar-refractivity contribution >= 4 is 23.5 Å². The lowest BCUT2D eigenvalue weighted by molar-refractivity contribution is -0.137. The summed E-state index contributed by atoms with van der Waals surface area (Å²) in [5, 5.41) is 0.257. The summed E-state index contributed by atoms with van der Waals surface area (Å²) in [6, 6.07) is 4.84. The molecule has 0 fully saturated rings. The zero-order chi connectivity index (χ0) is 17.1. The summed E-state index contributed by atoms with van der Waals surface area (Å²) < 4.78 is 10.6. The van der Waals surface area contributed by atoms with Crippen molar-refractivity contribution in [2.75, 3.05) is 0 Å². The highest BCUT2D eigenvalue weighted by Crippen LogP contribution is 2.35. The molecule has 0 aliphatic heterocycles. The lowest BCUT2D eigenvalue weighted by Gasteiger charge is -2.12. The third-order valence-electron chi connectivity index (χ3n) is 3.34. The second-order valence-electron chi connectivity index (χ2n) is 5.43. The van der Waals surface area contributed by atoms with Crippen LogP contribution in [0.15, 0.2) is 18.2 Å². The van der Waals surface area contributed by atoms with Crippen LogP contribution in [-0.2, 0) is 9.59 Å². The Labute approximate surface area is 143 Å². The van der Waals surface area contributed by atoms with Crippen molar-refractivity contribution in [1.82, 2.24) is 0 Å². The highest BCUT2D eigenvalue weighted by Gasteiger charge is 2.16. The van der Waals surface area contributed by atoms with Gasteiger partial charge < -0.3 is 9.47 Å². The van der Waals surface area contributed by atoms with E-state index in [4.69, 9.17) is 21.1 Å². The summed E-state index contributed by atoms with van der Waals surface area (Å²) in [7, 11) is 0. The van der Waals surface area contributed by atoms with Crippen molar-refractivity contribution in [3.05, 3.63) is 23.2 Å². The molecule has 5 heteroatoms. The molecule has 0 saturated heterocycles. The normalized spacial score (nSPS) is 10.4. The van der Waals surface area contributed by atoms with Crippen molar-refractivity contribution in [2.45, 2.75) is 65.2 Å². The van der Waals surface area contributed by atoms with Gasteiger partial charge in [0.2, 0.25) is 0 Å². The quantitative estimate of drug-likeness (QED) is 0.329. The van der Waals surface area contributed by atoms with Crippen LogP contribution in [0.25, 0.3) is 0 Å². The molecule has 1 aromatic carbocycles. The number of halogens is 1. The fourth-order valence-corrected chi connectivity index (χ4v) is 2.25. The van der Waals surface area contributed by atoms with E-state index in [9.17, 15) is 9.59 Å². The van der Waals surface area contributed by atoms with E-state index in [1.54, 1.807) is 18.2 Å². The van der Waals surface area contributed by atoms with Crippen LogP contribution in [0, 0.1) is 0 Å². The summed E-state index contributed by atoms with van der Waals surface area (Å²) in [5.41, 5.74) is 0. The lowest BCUT2D eigenvalue weighted by atomic mass is 10.2. The monoisotopic (exact) mass is 340 g/mol. The largest absolute Gasteiger partial charge is 0.422 e. The smallest absolute Gasteiger partial charge is 0.311 e. The van der Waals surface area contributed by atoms with Crippen LogP contribution in [0.5, 0.6) is 11.5 Å². The fourth-order valence-electron chi connectivity index (χ4n) is 2.05. The van der Waals surface area contributed by atoms with Crippen LogP contribution in [0.3, 0.4) is 0 Å². The molecule has 1 aromatic rings. The average molecular weight is 341 g/mol. The number of ether oxygens (including phenoxy) is 2. The van der Waals surface area contributed by atoms with Crippen molar-refractivity contribution in [3.63, 3.8) is 0 Å². The van der Waals surface area contributed by atoms with Gasteiger partial charge in [-0.2, -0.15) is 0 Å². The number of benzene rings is 1. The summed E-state index contributed by atoms with van der Waals surface area (Å²) in [6.07, 6.45) is 6.22. The maximum atomic E-state index is 11.9. The van der Waals surface area contributed by atoms with E-state index in [1.165, 1.54) is 0 Å². The Balaban J connectivity index is 2.67. The van der Waals surface area contributed by atoms with Crippen LogP contribution in [0.2, 0.25) is 5.02 Å². The molecule has 0 saturated carbocycles. The molecule has 0 spiro atoms. The zero-order valence-corrected chi connectivity index (χ0v) is 14.7. The maximum Gasteiger partial charge on any atom is 0.311 e. The molecule has 128 valence electrons. The SMILES string of the molecule is CCCCCC(=O)Oc1cccc(Cl)c1OC(=O)CCCCC. The molecular formula is C18H25ClO4. The Morgan fingerprint density at radius 3 is 2.04 bits per heavy atom. The van der Waals surface area contributed by atoms with E-state index in [2.05, 4.69) is 13.8 Å². The second-order valence-corrected chi connectivity index (χ2v) is 5.84. The van der Waals surface area contributed by atoms with Gasteiger partial charge in [-0.3, -0.25) is 9.59 Å². The van der Waals surface area contributed by atoms with E-state index in [-0.39, 0.29) is 28.5 Å². The molecule has 0 atom stereocenters. The van der Waals surface area contributed by atoms with E-state index >= 15 is 0 Å². The summed E-state index contributed by atoms with van der Waals surface area (Å²) in [4.78, 5) is 23.7. The molecule has 0 unspecified atom stereocenters. The van der Waals surface area contributed by atoms with Gasteiger partial charge in [0.1, 0.15) is 0 Å². The van der Waals surface area contributed by atoms with Gasteiger partial charge in [0, 0.05) is 12.8 Å². The Hall–Kier alpha value is -1.55. The Kier molecular flexibility index (Phi) is 9.37. The molecule has 0 amide bonds. The van der Waals surface area contributed by atoms with E-state index < -0.39 is 0 Å². The minimum absolute atomic E-state index is 0.125. The number of hydrogen-bond acceptors (Lipinski definition) is 4. The van der Waals surface area contributed by atoms with Gasteiger partial charge in [-0.05, 0) is 25.0 Å². The molecule has 0 bridgehead atoms. The number of hydrogen-bond donors (Lipinski definition) is 0. The van der Waals surface area contributed by atoms with Gasteiger partial charge in [0.15, 0.2) is 11.5 Å². The summed E-state index contributed by atoms with van der Waals surface area (Å²) in [5.74, 6) is -0.388. The van der Waals surface area contributed by atoms with Crippen LogP contribution in [0.4, 0.5) is 0 Å². The van der Waals surface area contributed by atoms with Crippen molar-refractivity contribution in [1.29, 1.82) is 0 Å². The number of esters is 2. The van der Waals surface area contributed by atoms with Crippen LogP contribution >= 0.6 is 11.6 Å². The highest BCUT2D eigenvalue weighted by molar-refractivity contribution is 6.32. The van der Waals surface area contributed by atoms with E-state index in [0.717, 1.165) is 38.5 Å². The number of carbonyl (C=O) groups excluding carboxylic acids is 2. The summed E-state index contributed by atoms with van der Waals surface area (Å²) >= 11 is 6.08. The second kappa shape index (κ2) is 11.1. The first-order valence-electron chi connectivity index (χ1n) is 8.28. The zero-order valence-electron chi connectivity index (χ0n) is 13.9. The standard InChI is InChI=1S/C18H25ClO4/c1-3-5-7-12-16(20)22-15-11-9-10-14(19)18(15)23-17(21)13-8-6-4-2/h9-11H,3-8,12-13H2,1-2H3. The topological polar surface area (TPSA) is 52.6 Å². The molecular weight excluding hydrogens is 316 g/mol. The van der Waals surface area contributed by atoms with Crippen LogP contribution < -0.4 is 9.47 Å². The minimum atomic E-state index is -0.366. The molecule has 0 aliphatic rings. The Morgan fingerprint density at radius 1 is 0.913 bits per heavy atom. The molecule has 1 rings (SSSR count). The number of para-hydroxylation sites is 1. The van der Waals surface area contributed by atoms with E-state index in [0.29, 0.717) is 12.8 Å². The van der Waals surface area contributed by atoms with Crippen molar-refractivity contribution in [2.24, 2.45) is 0 Å². The van der Waals surface area contributed by atoms with Gasteiger partial charge in [0.05, 0.1) is 5.02 Å². The first-order valence-corrected chi connectivity index (χ1v) is 8.66. The third kappa shape index (κ3) is 7.51. The number of unbranched alkanes of at least 4 members (excludes halogenated alkanes) is 4. The summed E-state index contributed by atoms with van der Waals surface area (Å²) in [6.45, 7) is 4.13. The minimum Gasteiger partial charge on any atom is -0.422 e. The predicted molar refractivity (Wildman–Crippen MR) is 91.0 cm³/mol. The number of carbonyl (C=O) groups is 2. The molecule has 4 nitrogen and oxygen atoms in total. The Morgan fingerprint density at radius 2 is 1.48 bits per heavy atom. The molecule has 0 aromatic heterocycles. The number of rotatable bonds is 10. The highest BCUT2D eigenvalue weighted by atomic mass is 35.5. The first-order chi connectivity index (χ1) is 11.1. The van der Waals surface area contributed by atoms with Crippen molar-refractivity contribution < 1.29 is 19.1 Å². The molecule has 0 radical (unpaired) electrons. The average Bonchev–Trinajstić information content (AvgIpc) is 2.51. The van der Waals surface area contributed by atoms with Gasteiger partial charge in [0.25, 0.3) is 0 Å². The lowest BCUT2D eigenvalue weighted by Crippen LogP contribution is -2.12. The predicted octanol–water partition coefficient (Wildman–Crippen LogP) is 5.31. The van der Waals surface area contributed by atoms with Crippen LogP contribution in [-0.4, -0.2) is 11.9 Å². The third-order valence-corrected chi connectivity index (χ3v) is 3.64. The first kappa shape index (κ1) is 19.5. The van der Waals surface area contributed by atoms with Gasteiger partial charge in [-0.25, -0.2) is 0 Å². The molecule has 0 aliphatic carbocycles. The fraction of sp³-hybridized carbons (Fsp3) is 0.556. The van der Waals surface area contributed by atoms with Gasteiger partial charge in [-0.1, -0.05) is 57.2 Å². The molecule has 0 heterocycles. The van der Waals surface area contributed by atoms with Gasteiger partial charge >= 0.3 is 11.9 Å². The molecule has 0 N–H and O–H groups in total. The Bertz CT molecular complexity index is 514. The van der Waals surface area contributed by atoms with Crippen LogP contribution in [0.1, 0.15) is 65.2 Å².